The summed E-state index contributed by atoms with van der Waals surface area (Å²) in [5.74, 6) is 1.83. The van der Waals surface area contributed by atoms with Crippen LogP contribution in [0, 0.1) is 11.6 Å². The molecule has 0 saturated carbocycles. The van der Waals surface area contributed by atoms with Crippen molar-refractivity contribution >= 4 is 86.2 Å². The number of H-pyrrole nitrogens is 1. The van der Waals surface area contributed by atoms with Gasteiger partial charge in [0.2, 0.25) is 4.73 Å². The number of halogens is 5. The molecular weight excluding hydrogens is 1140 g/mol. The summed E-state index contributed by atoms with van der Waals surface area (Å²) in [5, 5.41) is 13.2. The van der Waals surface area contributed by atoms with Crippen LogP contribution < -0.4 is 15.1 Å². The van der Waals surface area contributed by atoms with Crippen molar-refractivity contribution in [3.05, 3.63) is 148 Å². The maximum Gasteiger partial charge on any atom is 0.217 e. The molecule has 80 heavy (non-hydrogen) atoms. The highest BCUT2D eigenvalue weighted by Gasteiger charge is 2.26. The van der Waals surface area contributed by atoms with Crippen LogP contribution in [0.25, 0.3) is 72.9 Å². The molecule has 0 radical (unpaired) electrons. The van der Waals surface area contributed by atoms with E-state index in [4.69, 9.17) is 48.0 Å². The molecular formula is C56H58BrCl2F2N17OSi. The Morgan fingerprint density at radius 1 is 0.675 bits per heavy atom. The highest BCUT2D eigenvalue weighted by molar-refractivity contribution is 9.10. The molecule has 0 saturated heterocycles. The average Bonchev–Trinajstić information content (AvgIpc) is 4.32. The molecule has 2 aromatic carbocycles. The Bertz CT molecular complexity index is 3930. The first kappa shape index (κ1) is 56.0. The van der Waals surface area contributed by atoms with E-state index in [2.05, 4.69) is 91.8 Å². The lowest BCUT2D eigenvalue weighted by molar-refractivity contribution is 0.0882. The van der Waals surface area contributed by atoms with Gasteiger partial charge in [-0.05, 0) is 94.8 Å². The average molecular weight is 1200 g/mol. The number of pyridine rings is 4. The minimum absolute atomic E-state index is 0. The van der Waals surface area contributed by atoms with Crippen LogP contribution in [0.2, 0.25) is 35.7 Å². The van der Waals surface area contributed by atoms with Gasteiger partial charge in [-0.2, -0.15) is 5.10 Å². The molecule has 8 aromatic heterocycles. The van der Waals surface area contributed by atoms with Gasteiger partial charge in [-0.3, -0.25) is 9.97 Å². The molecule has 11 heterocycles. The fraction of sp³-hybridized carbons (Fsp3) is 0.286. The van der Waals surface area contributed by atoms with E-state index in [1.165, 1.54) is 30.6 Å². The van der Waals surface area contributed by atoms with Gasteiger partial charge in [0.25, 0.3) is 0 Å². The van der Waals surface area contributed by atoms with E-state index in [9.17, 15) is 4.39 Å². The molecule has 0 bridgehead atoms. The number of rotatable bonds is 12. The van der Waals surface area contributed by atoms with Crippen LogP contribution in [0.1, 0.15) is 32.3 Å². The fourth-order valence-electron chi connectivity index (χ4n) is 9.61. The van der Waals surface area contributed by atoms with Crippen molar-refractivity contribution in [3.8, 4) is 45.3 Å². The topological polar surface area (TPSA) is 187 Å². The molecule has 0 atom stereocenters. The number of hydrogen-bond donors (Lipinski definition) is 2. The number of benzene rings is 2. The van der Waals surface area contributed by atoms with E-state index in [0.717, 1.165) is 96.3 Å². The van der Waals surface area contributed by atoms with Gasteiger partial charge in [0.05, 0.1) is 107 Å². The van der Waals surface area contributed by atoms with Gasteiger partial charge in [-0.1, -0.05) is 63.8 Å². The predicted molar refractivity (Wildman–Crippen MR) is 317 cm³/mol. The Morgan fingerprint density at radius 2 is 1.30 bits per heavy atom. The molecule has 0 aliphatic carbocycles. The van der Waals surface area contributed by atoms with Gasteiger partial charge >= 0.3 is 0 Å². The lowest BCUT2D eigenvalue weighted by atomic mass is 10.1. The van der Waals surface area contributed by atoms with Gasteiger partial charge in [0, 0.05) is 67.6 Å². The number of hydrogen-bond acceptors (Lipinski definition) is 14. The number of fused-ring (bicyclic) bond motifs is 4. The zero-order valence-electron chi connectivity index (χ0n) is 42.6. The molecule has 3 aliphatic rings. The van der Waals surface area contributed by atoms with Gasteiger partial charge in [-0.15, -0.1) is 5.10 Å². The maximum absolute atomic E-state index is 15.2. The van der Waals surface area contributed by atoms with Crippen molar-refractivity contribution in [3.63, 3.8) is 0 Å². The van der Waals surface area contributed by atoms with Crippen molar-refractivity contribution in [2.24, 2.45) is 0 Å². The Hall–Kier alpha value is -7.34. The van der Waals surface area contributed by atoms with Crippen molar-refractivity contribution in [1.82, 2.24) is 74.3 Å². The van der Waals surface area contributed by atoms with Crippen LogP contribution in [-0.4, -0.2) is 110 Å². The quantitative estimate of drug-likeness (QED) is 0.0869. The van der Waals surface area contributed by atoms with E-state index in [1.54, 1.807) is 18.5 Å². The van der Waals surface area contributed by atoms with Gasteiger partial charge in [0.15, 0.2) is 5.82 Å². The number of aromatic nitrogens is 14. The SMILES string of the molecule is C.C.C[Si](C)(C)CCOCn1cnc(-c2ccc3ncc(N4CCn5nc(Br)nc5C4)cc3n2)c1-c1cc(Cl)ccc1F.Fc1ccc(Cl)cc1-c1nc[nH]c1-c1ccc2ncc(N3CCn4nc(C5=CCNC5)nc4C3)cc2n1. The summed E-state index contributed by atoms with van der Waals surface area (Å²) in [6, 6.07) is 21.5. The van der Waals surface area contributed by atoms with Crippen LogP contribution in [0.3, 0.4) is 0 Å². The third-order valence-corrected chi connectivity index (χ3v) is 16.3. The number of nitrogens with zero attached hydrogens (tertiary/aromatic N) is 15. The lowest BCUT2D eigenvalue weighted by Crippen LogP contribution is -2.34. The number of aromatic amines is 1. The predicted octanol–water partition coefficient (Wildman–Crippen LogP) is 12.0. The van der Waals surface area contributed by atoms with Crippen molar-refractivity contribution in [1.29, 1.82) is 0 Å². The summed E-state index contributed by atoms with van der Waals surface area (Å²) in [6.45, 7) is 13.7. The Kier molecular flexibility index (Phi) is 16.4. The molecule has 412 valence electrons. The zero-order chi connectivity index (χ0) is 53.7. The standard InChI is InChI=1S/C28H29BrClFN8OSi.C26H21ClFN9.2CH4/c1-41(2,3)11-10-40-17-38-16-33-26(27(38)20-12-18(30)4-5-21(20)31)23-7-6-22-24(34-23)13-19(14-32-22)37-8-9-39-25(15-37)35-28(29)36-39;27-16-1-2-19(28)18(9-16)24-25(32-14-31-24)21-4-3-20-22(33-21)10-17(12-30-20)36-7-8-37-23(13-36)34-26(35-37)15-5-6-29-11-15;;/h4-7,12-14,16H,8-11,15,17H2,1-3H3;1-5,9-10,12,14,29H,6-8,11,13H2,(H,31,32);2*1H4. The molecule has 18 nitrogen and oxygen atoms in total. The molecule has 13 rings (SSSR count). The molecule has 0 amide bonds. The van der Waals surface area contributed by atoms with E-state index in [1.807, 2.05) is 62.7 Å². The summed E-state index contributed by atoms with van der Waals surface area (Å²) >= 11 is 15.8. The molecule has 3 aliphatic heterocycles. The maximum atomic E-state index is 15.2. The molecule has 0 spiro atoms. The second-order valence-corrected chi connectivity index (χ2v) is 27.5. The Balaban J connectivity index is 0.000000176. The number of ether oxygens (including phenoxy) is 1. The van der Waals surface area contributed by atoms with Crippen molar-refractivity contribution in [2.75, 3.05) is 42.6 Å². The first-order valence-corrected chi connectivity index (χ1v) is 30.6. The largest absolute Gasteiger partial charge is 0.361 e. The fourth-order valence-corrected chi connectivity index (χ4v) is 11.1. The molecule has 0 fully saturated rings. The number of anilines is 2. The zero-order valence-corrected chi connectivity index (χ0v) is 46.7. The van der Waals surface area contributed by atoms with Crippen LogP contribution in [0.5, 0.6) is 0 Å². The molecule has 10 aromatic rings. The van der Waals surface area contributed by atoms with E-state index in [-0.39, 0.29) is 21.6 Å². The van der Waals surface area contributed by atoms with Crippen LogP contribution >= 0.6 is 39.1 Å². The minimum atomic E-state index is -1.25. The summed E-state index contributed by atoms with van der Waals surface area (Å²) in [5.41, 5.74) is 10.1. The normalized spacial score (nSPS) is 14.1. The number of nitrogens with one attached hydrogen (secondary N) is 2. The second kappa shape index (κ2) is 23.4. The van der Waals surface area contributed by atoms with Gasteiger partial charge in [-0.25, -0.2) is 48.0 Å². The molecule has 24 heteroatoms. The summed E-state index contributed by atoms with van der Waals surface area (Å²) in [7, 11) is -1.25. The van der Waals surface area contributed by atoms with Crippen LogP contribution in [0.4, 0.5) is 20.2 Å². The lowest BCUT2D eigenvalue weighted by Gasteiger charge is -2.28. The first-order chi connectivity index (χ1) is 37.8. The minimum Gasteiger partial charge on any atom is -0.361 e. The molecule has 2 N–H and O–H groups in total. The van der Waals surface area contributed by atoms with Crippen molar-refractivity contribution in [2.45, 2.75) is 73.4 Å². The smallest absolute Gasteiger partial charge is 0.217 e. The van der Waals surface area contributed by atoms with Crippen LogP contribution in [0.15, 0.2) is 109 Å². The third kappa shape index (κ3) is 11.8. The molecule has 0 unspecified atom stereocenters. The summed E-state index contributed by atoms with van der Waals surface area (Å²) in [4.78, 5) is 44.9. The van der Waals surface area contributed by atoms with Gasteiger partial charge in [0.1, 0.15) is 41.4 Å². The van der Waals surface area contributed by atoms with E-state index >= 15 is 4.39 Å². The number of imidazole rings is 2. The summed E-state index contributed by atoms with van der Waals surface area (Å²) in [6.07, 6.45) is 9.05. The highest BCUT2D eigenvalue weighted by Crippen LogP contribution is 2.36. The summed E-state index contributed by atoms with van der Waals surface area (Å²) < 4.78 is 42.1. The second-order valence-electron chi connectivity index (χ2n) is 20.3. The van der Waals surface area contributed by atoms with Gasteiger partial charge < -0.3 is 29.4 Å². The monoisotopic (exact) mass is 1200 g/mol. The van der Waals surface area contributed by atoms with E-state index < -0.39 is 19.7 Å². The first-order valence-electron chi connectivity index (χ1n) is 25.3. The Morgan fingerprint density at radius 3 is 1.96 bits per heavy atom. The Labute approximate surface area is 480 Å². The van der Waals surface area contributed by atoms with Crippen molar-refractivity contribution < 1.29 is 13.5 Å². The van der Waals surface area contributed by atoms with Crippen LogP contribution in [-0.2, 0) is 37.6 Å². The van der Waals surface area contributed by atoms with E-state index in [0.29, 0.717) is 85.3 Å². The highest BCUT2D eigenvalue weighted by atomic mass is 79.9. The third-order valence-electron chi connectivity index (χ3n) is 13.7.